The van der Waals surface area contributed by atoms with Crippen molar-refractivity contribution in [2.24, 2.45) is 0 Å². The molecular formula is C22H19N3OS. The summed E-state index contributed by atoms with van der Waals surface area (Å²) < 4.78 is 0. The van der Waals surface area contributed by atoms with Gasteiger partial charge in [0.15, 0.2) is 5.13 Å². The Morgan fingerprint density at radius 3 is 2.44 bits per heavy atom. The van der Waals surface area contributed by atoms with Crippen molar-refractivity contribution >= 4 is 38.8 Å². The lowest BCUT2D eigenvalue weighted by Crippen LogP contribution is -2.13. The Bertz CT molecular complexity index is 1100. The molecule has 27 heavy (non-hydrogen) atoms. The SMILES string of the molecule is CN(C)c1ccc(C(=O)Nc2nc(-c3ccc4ccccc4c3)cs2)cc1. The number of amides is 1. The molecule has 4 nitrogen and oxygen atoms in total. The molecule has 0 unspecified atom stereocenters. The molecule has 0 bridgehead atoms. The molecule has 0 aliphatic heterocycles. The predicted octanol–water partition coefficient (Wildman–Crippen LogP) is 5.28. The minimum Gasteiger partial charge on any atom is -0.378 e. The largest absolute Gasteiger partial charge is 0.378 e. The molecule has 1 aromatic heterocycles. The van der Waals surface area contributed by atoms with Crippen molar-refractivity contribution < 1.29 is 4.79 Å². The first-order chi connectivity index (χ1) is 13.1. The lowest BCUT2D eigenvalue weighted by atomic mass is 10.1. The number of thiazole rings is 1. The molecule has 0 fully saturated rings. The Balaban J connectivity index is 1.52. The molecule has 0 radical (unpaired) electrons. The number of hydrogen-bond donors (Lipinski definition) is 1. The van der Waals surface area contributed by atoms with Gasteiger partial charge < -0.3 is 4.90 Å². The van der Waals surface area contributed by atoms with Crippen LogP contribution in [0.3, 0.4) is 0 Å². The number of carbonyl (C=O) groups is 1. The molecule has 0 saturated heterocycles. The van der Waals surface area contributed by atoms with Gasteiger partial charge in [-0.15, -0.1) is 11.3 Å². The fourth-order valence-corrected chi connectivity index (χ4v) is 3.61. The number of benzene rings is 3. The van der Waals surface area contributed by atoms with Gasteiger partial charge in [-0.2, -0.15) is 0 Å². The van der Waals surface area contributed by atoms with Gasteiger partial charge in [0, 0.05) is 36.3 Å². The van der Waals surface area contributed by atoms with Crippen LogP contribution >= 0.6 is 11.3 Å². The Morgan fingerprint density at radius 2 is 1.70 bits per heavy atom. The second-order valence-electron chi connectivity index (χ2n) is 6.50. The second kappa shape index (κ2) is 7.21. The maximum atomic E-state index is 12.5. The van der Waals surface area contributed by atoms with Gasteiger partial charge in [0.25, 0.3) is 5.91 Å². The van der Waals surface area contributed by atoms with E-state index < -0.39 is 0 Å². The zero-order valence-electron chi connectivity index (χ0n) is 15.1. The zero-order chi connectivity index (χ0) is 18.8. The van der Waals surface area contributed by atoms with E-state index in [9.17, 15) is 4.79 Å². The summed E-state index contributed by atoms with van der Waals surface area (Å²) in [6, 6.07) is 22.0. The number of anilines is 2. The van der Waals surface area contributed by atoms with E-state index in [2.05, 4.69) is 40.6 Å². The first-order valence-electron chi connectivity index (χ1n) is 8.63. The summed E-state index contributed by atoms with van der Waals surface area (Å²) in [5, 5.41) is 7.83. The van der Waals surface area contributed by atoms with Crippen LogP contribution in [0.5, 0.6) is 0 Å². The van der Waals surface area contributed by atoms with Crippen molar-refractivity contribution in [3.63, 3.8) is 0 Å². The van der Waals surface area contributed by atoms with Crippen molar-refractivity contribution in [1.29, 1.82) is 0 Å². The lowest BCUT2D eigenvalue weighted by Gasteiger charge is -2.12. The minimum absolute atomic E-state index is 0.153. The van der Waals surface area contributed by atoms with Crippen LogP contribution in [0.25, 0.3) is 22.0 Å². The van der Waals surface area contributed by atoms with Crippen LogP contribution in [-0.2, 0) is 0 Å². The number of hydrogen-bond acceptors (Lipinski definition) is 4. The van der Waals surface area contributed by atoms with Gasteiger partial charge in [-0.3, -0.25) is 10.1 Å². The molecule has 4 rings (SSSR count). The smallest absolute Gasteiger partial charge is 0.257 e. The number of nitrogens with zero attached hydrogens (tertiary/aromatic N) is 2. The number of nitrogens with one attached hydrogen (secondary N) is 1. The predicted molar refractivity (Wildman–Crippen MR) is 114 cm³/mol. The van der Waals surface area contributed by atoms with E-state index in [1.807, 2.05) is 60.8 Å². The highest BCUT2D eigenvalue weighted by Crippen LogP contribution is 2.28. The van der Waals surface area contributed by atoms with Crippen molar-refractivity contribution in [1.82, 2.24) is 4.98 Å². The molecule has 4 aromatic rings. The molecule has 0 spiro atoms. The van der Waals surface area contributed by atoms with Crippen molar-refractivity contribution in [3.8, 4) is 11.3 Å². The van der Waals surface area contributed by atoms with Gasteiger partial charge in [0.05, 0.1) is 5.69 Å². The van der Waals surface area contributed by atoms with Crippen LogP contribution in [-0.4, -0.2) is 25.0 Å². The molecule has 1 N–H and O–H groups in total. The van der Waals surface area contributed by atoms with Gasteiger partial charge in [0.2, 0.25) is 0 Å². The summed E-state index contributed by atoms with van der Waals surface area (Å²) in [5.41, 5.74) is 3.58. The molecule has 0 saturated carbocycles. The van der Waals surface area contributed by atoms with Crippen LogP contribution in [0.4, 0.5) is 10.8 Å². The fourth-order valence-electron chi connectivity index (χ4n) is 2.89. The highest BCUT2D eigenvalue weighted by atomic mass is 32.1. The fraction of sp³-hybridized carbons (Fsp3) is 0.0909. The van der Waals surface area contributed by atoms with Gasteiger partial charge in [-0.05, 0) is 41.1 Å². The van der Waals surface area contributed by atoms with Crippen LogP contribution in [0, 0.1) is 0 Å². The van der Waals surface area contributed by atoms with Gasteiger partial charge in [-0.1, -0.05) is 36.4 Å². The van der Waals surface area contributed by atoms with E-state index in [4.69, 9.17) is 0 Å². The zero-order valence-corrected chi connectivity index (χ0v) is 16.0. The standard InChI is InChI=1S/C22H19N3OS/c1-25(2)19-11-9-16(10-12-19)21(26)24-22-23-20(14-27-22)18-8-7-15-5-3-4-6-17(15)13-18/h3-14H,1-2H3,(H,23,24,26). The maximum absolute atomic E-state index is 12.5. The molecule has 134 valence electrons. The Hall–Kier alpha value is -3.18. The highest BCUT2D eigenvalue weighted by Gasteiger charge is 2.11. The summed E-state index contributed by atoms with van der Waals surface area (Å²) in [5.74, 6) is -0.153. The number of rotatable bonds is 4. The summed E-state index contributed by atoms with van der Waals surface area (Å²) in [4.78, 5) is 19.0. The van der Waals surface area contributed by atoms with Crippen molar-refractivity contribution in [2.75, 3.05) is 24.3 Å². The van der Waals surface area contributed by atoms with E-state index in [1.165, 1.54) is 22.1 Å². The summed E-state index contributed by atoms with van der Waals surface area (Å²) >= 11 is 1.43. The van der Waals surface area contributed by atoms with Gasteiger partial charge in [0.1, 0.15) is 0 Å². The summed E-state index contributed by atoms with van der Waals surface area (Å²) in [6.07, 6.45) is 0. The van der Waals surface area contributed by atoms with E-state index in [-0.39, 0.29) is 5.91 Å². The second-order valence-corrected chi connectivity index (χ2v) is 7.35. The third-order valence-electron chi connectivity index (χ3n) is 4.42. The van der Waals surface area contributed by atoms with E-state index in [0.29, 0.717) is 10.7 Å². The minimum atomic E-state index is -0.153. The number of carbonyl (C=O) groups excluding carboxylic acids is 1. The maximum Gasteiger partial charge on any atom is 0.257 e. The lowest BCUT2D eigenvalue weighted by molar-refractivity contribution is 0.102. The average molecular weight is 373 g/mol. The monoisotopic (exact) mass is 373 g/mol. The quantitative estimate of drug-likeness (QED) is 0.529. The molecule has 0 aliphatic carbocycles. The number of fused-ring (bicyclic) bond motifs is 1. The highest BCUT2D eigenvalue weighted by molar-refractivity contribution is 7.14. The molecule has 1 heterocycles. The Morgan fingerprint density at radius 1 is 0.963 bits per heavy atom. The van der Waals surface area contributed by atoms with E-state index >= 15 is 0 Å². The molecule has 1 amide bonds. The third kappa shape index (κ3) is 3.68. The topological polar surface area (TPSA) is 45.2 Å². The van der Waals surface area contributed by atoms with Crippen molar-refractivity contribution in [2.45, 2.75) is 0 Å². The average Bonchev–Trinajstić information content (AvgIpc) is 3.16. The molecular weight excluding hydrogens is 354 g/mol. The van der Waals surface area contributed by atoms with Gasteiger partial charge in [-0.25, -0.2) is 4.98 Å². The Kier molecular flexibility index (Phi) is 4.60. The molecule has 5 heteroatoms. The van der Waals surface area contributed by atoms with E-state index in [1.54, 1.807) is 0 Å². The van der Waals surface area contributed by atoms with Crippen LogP contribution in [0.15, 0.2) is 72.1 Å². The van der Waals surface area contributed by atoms with Gasteiger partial charge >= 0.3 is 0 Å². The third-order valence-corrected chi connectivity index (χ3v) is 5.17. The summed E-state index contributed by atoms with van der Waals surface area (Å²) in [6.45, 7) is 0. The molecule has 0 aliphatic rings. The Labute approximate surface area is 162 Å². The van der Waals surface area contributed by atoms with Crippen LogP contribution in [0.2, 0.25) is 0 Å². The van der Waals surface area contributed by atoms with Crippen molar-refractivity contribution in [3.05, 3.63) is 77.7 Å². The summed E-state index contributed by atoms with van der Waals surface area (Å²) in [7, 11) is 3.94. The molecule has 0 atom stereocenters. The van der Waals surface area contributed by atoms with Crippen LogP contribution in [0.1, 0.15) is 10.4 Å². The first-order valence-corrected chi connectivity index (χ1v) is 9.51. The normalized spacial score (nSPS) is 10.7. The number of aromatic nitrogens is 1. The van der Waals surface area contributed by atoms with Crippen LogP contribution < -0.4 is 10.2 Å². The van der Waals surface area contributed by atoms with E-state index in [0.717, 1.165) is 16.9 Å². The first kappa shape index (κ1) is 17.2. The molecule has 3 aromatic carbocycles.